The van der Waals surface area contributed by atoms with Crippen molar-refractivity contribution in [3.05, 3.63) is 72.6 Å². The molecule has 176 valence electrons. The molecule has 1 saturated heterocycles. The molecule has 2 amide bonds. The molecule has 2 aromatic carbocycles. The first-order chi connectivity index (χ1) is 16.6. The van der Waals surface area contributed by atoms with Crippen molar-refractivity contribution >= 4 is 34.2 Å². The van der Waals surface area contributed by atoms with Crippen LogP contribution in [0.2, 0.25) is 0 Å². The van der Waals surface area contributed by atoms with Crippen LogP contribution in [0.5, 0.6) is 0 Å². The molecule has 0 radical (unpaired) electrons. The Morgan fingerprint density at radius 2 is 1.74 bits per heavy atom. The number of piperidine rings is 1. The number of carbonyl (C=O) groups excluding carboxylic acids is 3. The molecule has 2 N–H and O–H groups in total. The van der Waals surface area contributed by atoms with Crippen LogP contribution in [0, 0.1) is 5.92 Å². The lowest BCUT2D eigenvalue weighted by Crippen LogP contribution is -2.51. The number of hydrogen-bond donors (Lipinski definition) is 2. The van der Waals surface area contributed by atoms with Gasteiger partial charge in [0.1, 0.15) is 6.04 Å². The topological polar surface area (TPSA) is 101 Å². The maximum atomic E-state index is 12.9. The Hall–Kier alpha value is -3.94. The van der Waals surface area contributed by atoms with Gasteiger partial charge >= 0.3 is 5.97 Å². The Bertz CT molecular complexity index is 1150. The van der Waals surface area contributed by atoms with E-state index in [1.54, 1.807) is 24.3 Å². The third-order valence-corrected chi connectivity index (χ3v) is 6.16. The fourth-order valence-corrected chi connectivity index (χ4v) is 4.25. The van der Waals surface area contributed by atoms with Crippen molar-refractivity contribution in [1.29, 1.82) is 0 Å². The number of hydrogen-bond acceptors (Lipinski definition) is 6. The van der Waals surface area contributed by atoms with Crippen LogP contribution in [0.4, 0.5) is 5.69 Å². The summed E-state index contributed by atoms with van der Waals surface area (Å²) in [4.78, 5) is 44.1. The number of pyridine rings is 1. The molecule has 1 fully saturated rings. The van der Waals surface area contributed by atoms with Gasteiger partial charge in [-0.3, -0.25) is 14.6 Å². The monoisotopic (exact) mass is 460 g/mol. The van der Waals surface area contributed by atoms with Gasteiger partial charge in [0, 0.05) is 48.1 Å². The Morgan fingerprint density at radius 3 is 2.47 bits per heavy atom. The number of aromatic nitrogens is 1. The smallest absolute Gasteiger partial charge is 0.330 e. The van der Waals surface area contributed by atoms with Gasteiger partial charge in [0.2, 0.25) is 5.91 Å². The van der Waals surface area contributed by atoms with Gasteiger partial charge in [-0.2, -0.15) is 0 Å². The number of amides is 2. The molecule has 0 spiro atoms. The predicted octanol–water partition coefficient (Wildman–Crippen LogP) is 2.54. The highest BCUT2D eigenvalue weighted by Gasteiger charge is 2.30. The van der Waals surface area contributed by atoms with Crippen LogP contribution in [0.25, 0.3) is 10.8 Å². The Balaban J connectivity index is 1.34. The molecule has 34 heavy (non-hydrogen) atoms. The normalized spacial score (nSPS) is 14.9. The minimum Gasteiger partial charge on any atom is -0.467 e. The van der Waals surface area contributed by atoms with Crippen molar-refractivity contribution < 1.29 is 19.1 Å². The molecule has 4 rings (SSSR count). The fourth-order valence-electron chi connectivity index (χ4n) is 4.25. The number of fused-ring (bicyclic) bond motifs is 1. The van der Waals surface area contributed by atoms with Crippen LogP contribution >= 0.6 is 0 Å². The first-order valence-electron chi connectivity index (χ1n) is 11.4. The van der Waals surface area contributed by atoms with E-state index in [4.69, 9.17) is 4.74 Å². The van der Waals surface area contributed by atoms with Crippen LogP contribution in [0.1, 0.15) is 23.2 Å². The highest BCUT2D eigenvalue weighted by Crippen LogP contribution is 2.29. The number of nitrogens with zero attached hydrogens (tertiary/aromatic N) is 2. The molecule has 0 aliphatic carbocycles. The summed E-state index contributed by atoms with van der Waals surface area (Å²) >= 11 is 0. The minimum atomic E-state index is -0.953. The maximum Gasteiger partial charge on any atom is 0.330 e. The molecule has 1 atom stereocenters. The number of carbonyl (C=O) groups is 3. The van der Waals surface area contributed by atoms with Gasteiger partial charge in [0.15, 0.2) is 0 Å². The zero-order valence-corrected chi connectivity index (χ0v) is 19.1. The van der Waals surface area contributed by atoms with E-state index >= 15 is 0 Å². The Morgan fingerprint density at radius 1 is 1.03 bits per heavy atom. The largest absolute Gasteiger partial charge is 0.467 e. The highest BCUT2D eigenvalue weighted by molar-refractivity contribution is 5.95. The summed E-state index contributed by atoms with van der Waals surface area (Å²) < 4.78 is 4.83. The molecule has 1 aromatic heterocycles. The summed E-state index contributed by atoms with van der Waals surface area (Å²) in [5, 5.41) is 7.69. The summed E-state index contributed by atoms with van der Waals surface area (Å²) in [5.41, 5.74) is 1.54. The van der Waals surface area contributed by atoms with Gasteiger partial charge in [-0.25, -0.2) is 4.79 Å². The van der Waals surface area contributed by atoms with E-state index in [-0.39, 0.29) is 24.3 Å². The quantitative estimate of drug-likeness (QED) is 0.526. The summed E-state index contributed by atoms with van der Waals surface area (Å²) in [6, 6.07) is 15.9. The van der Waals surface area contributed by atoms with Crippen molar-refractivity contribution in [3.63, 3.8) is 0 Å². The van der Waals surface area contributed by atoms with Crippen molar-refractivity contribution in [1.82, 2.24) is 15.6 Å². The zero-order valence-electron chi connectivity index (χ0n) is 19.1. The van der Waals surface area contributed by atoms with Crippen molar-refractivity contribution in [3.8, 4) is 0 Å². The molecule has 2 heterocycles. The molecule has 8 heteroatoms. The average molecular weight is 461 g/mol. The lowest BCUT2D eigenvalue weighted by atomic mass is 9.95. The van der Waals surface area contributed by atoms with E-state index in [0.29, 0.717) is 31.5 Å². The highest BCUT2D eigenvalue weighted by atomic mass is 16.5. The fraction of sp³-hybridized carbons (Fsp3) is 0.308. The number of rotatable bonds is 7. The standard InChI is InChI=1S/C26H28N4O4/c1-34-26(33)22(16-28-24(31)18-7-3-2-4-8-18)29-25(32)19-11-13-30(14-12-19)23-17-27-15-20-9-5-6-10-21(20)23/h2-10,15,17,19,22H,11-14,16H2,1H3,(H,28,31)(H,29,32)/t22-/m0/s1. The molecule has 1 aliphatic rings. The molecule has 8 nitrogen and oxygen atoms in total. The molecule has 1 aliphatic heterocycles. The average Bonchev–Trinajstić information content (AvgIpc) is 2.90. The van der Waals surface area contributed by atoms with Gasteiger partial charge in [-0.05, 0) is 25.0 Å². The van der Waals surface area contributed by atoms with Gasteiger partial charge in [-0.15, -0.1) is 0 Å². The third-order valence-electron chi connectivity index (χ3n) is 6.16. The molecule has 0 bridgehead atoms. The van der Waals surface area contributed by atoms with Crippen LogP contribution in [0.15, 0.2) is 67.0 Å². The zero-order chi connectivity index (χ0) is 23.9. The second-order valence-corrected chi connectivity index (χ2v) is 8.30. The Kier molecular flexibility index (Phi) is 7.37. The molecular weight excluding hydrogens is 432 g/mol. The van der Waals surface area contributed by atoms with Crippen LogP contribution in [-0.2, 0) is 14.3 Å². The van der Waals surface area contributed by atoms with Gasteiger partial charge in [-0.1, -0.05) is 42.5 Å². The van der Waals surface area contributed by atoms with Crippen LogP contribution in [0.3, 0.4) is 0 Å². The lowest BCUT2D eigenvalue weighted by Gasteiger charge is -2.34. The van der Waals surface area contributed by atoms with Crippen molar-refractivity contribution in [2.75, 3.05) is 31.6 Å². The van der Waals surface area contributed by atoms with E-state index in [0.717, 1.165) is 16.5 Å². The third kappa shape index (κ3) is 5.33. The lowest BCUT2D eigenvalue weighted by molar-refractivity contribution is -0.145. The van der Waals surface area contributed by atoms with Crippen LogP contribution in [-0.4, -0.2) is 55.6 Å². The summed E-state index contributed by atoms with van der Waals surface area (Å²) in [6.07, 6.45) is 5.02. The first kappa shape index (κ1) is 23.2. The SMILES string of the molecule is COC(=O)[C@H](CNC(=O)c1ccccc1)NC(=O)C1CCN(c2cncc3ccccc23)CC1. The summed E-state index contributed by atoms with van der Waals surface area (Å²) in [6.45, 7) is 1.37. The number of nitrogens with one attached hydrogen (secondary N) is 2. The number of benzene rings is 2. The minimum absolute atomic E-state index is 0.0489. The Labute approximate surface area is 198 Å². The number of esters is 1. The maximum absolute atomic E-state index is 12.9. The van der Waals surface area contributed by atoms with Gasteiger partial charge in [0.05, 0.1) is 19.0 Å². The molecule has 3 aromatic rings. The van der Waals surface area contributed by atoms with Crippen molar-refractivity contribution in [2.45, 2.75) is 18.9 Å². The van der Waals surface area contributed by atoms with E-state index in [1.807, 2.05) is 36.7 Å². The van der Waals surface area contributed by atoms with E-state index in [2.05, 4.69) is 26.6 Å². The predicted molar refractivity (Wildman–Crippen MR) is 129 cm³/mol. The molecule has 0 saturated carbocycles. The van der Waals surface area contributed by atoms with E-state index in [1.165, 1.54) is 7.11 Å². The van der Waals surface area contributed by atoms with E-state index < -0.39 is 12.0 Å². The molecule has 0 unspecified atom stereocenters. The summed E-state index contributed by atoms with van der Waals surface area (Å²) in [5.74, 6) is -1.35. The second-order valence-electron chi connectivity index (χ2n) is 8.30. The van der Waals surface area contributed by atoms with Gasteiger partial charge < -0.3 is 20.3 Å². The summed E-state index contributed by atoms with van der Waals surface area (Å²) in [7, 11) is 1.26. The van der Waals surface area contributed by atoms with E-state index in [9.17, 15) is 14.4 Å². The van der Waals surface area contributed by atoms with Gasteiger partial charge in [0.25, 0.3) is 5.91 Å². The number of ether oxygens (including phenoxy) is 1. The van der Waals surface area contributed by atoms with Crippen molar-refractivity contribution in [2.24, 2.45) is 5.92 Å². The number of methoxy groups -OCH3 is 1. The molecular formula is C26H28N4O4. The second kappa shape index (κ2) is 10.8. The first-order valence-corrected chi connectivity index (χ1v) is 11.4. The van der Waals surface area contributed by atoms with Crippen LogP contribution < -0.4 is 15.5 Å². The number of anilines is 1.